The molecule has 0 radical (unpaired) electrons. The second kappa shape index (κ2) is 5.08. The van der Waals surface area contributed by atoms with Crippen LogP contribution in [-0.4, -0.2) is 37.0 Å². The number of carbonyl (C=O) groups excluding carboxylic acids is 1. The summed E-state index contributed by atoms with van der Waals surface area (Å²) in [6.45, 7) is 11.9. The minimum Gasteiger partial charge on any atom is -0.484 e. The SMILES string of the molecule is CCOC(=O)C1=C(B2OC(C)(C)C(C)(C)O2)CC(C)O1. The summed E-state index contributed by atoms with van der Waals surface area (Å²) >= 11 is 0. The summed E-state index contributed by atoms with van der Waals surface area (Å²) in [7, 11) is -0.552. The molecule has 112 valence electrons. The third kappa shape index (κ3) is 2.59. The Bertz CT molecular complexity index is 425. The Morgan fingerprint density at radius 1 is 1.30 bits per heavy atom. The van der Waals surface area contributed by atoms with E-state index in [0.717, 1.165) is 5.47 Å². The fraction of sp³-hybridized carbons (Fsp3) is 0.786. The predicted molar refractivity (Wildman–Crippen MR) is 74.9 cm³/mol. The van der Waals surface area contributed by atoms with Crippen LogP contribution in [0.2, 0.25) is 0 Å². The quantitative estimate of drug-likeness (QED) is 0.587. The maximum atomic E-state index is 12.0. The van der Waals surface area contributed by atoms with Crippen LogP contribution in [0.3, 0.4) is 0 Å². The molecule has 0 N–H and O–H groups in total. The molecule has 2 aliphatic rings. The van der Waals surface area contributed by atoms with Gasteiger partial charge in [0, 0.05) is 11.9 Å². The lowest BCUT2D eigenvalue weighted by atomic mass is 9.75. The molecule has 2 rings (SSSR count). The Kier molecular flexibility index (Phi) is 3.91. The maximum absolute atomic E-state index is 12.0. The van der Waals surface area contributed by atoms with Crippen LogP contribution in [0.25, 0.3) is 0 Å². The summed E-state index contributed by atoms with van der Waals surface area (Å²) in [6.07, 6.45) is 0.550. The van der Waals surface area contributed by atoms with Crippen molar-refractivity contribution in [3.8, 4) is 0 Å². The Balaban J connectivity index is 2.26. The lowest BCUT2D eigenvalue weighted by Gasteiger charge is -2.32. The van der Waals surface area contributed by atoms with Crippen molar-refractivity contribution in [2.45, 2.75) is 65.3 Å². The van der Waals surface area contributed by atoms with Gasteiger partial charge in [-0.1, -0.05) is 0 Å². The van der Waals surface area contributed by atoms with Crippen LogP contribution >= 0.6 is 0 Å². The van der Waals surface area contributed by atoms with E-state index in [0.29, 0.717) is 13.0 Å². The van der Waals surface area contributed by atoms with E-state index in [-0.39, 0.29) is 11.9 Å². The van der Waals surface area contributed by atoms with Gasteiger partial charge in [-0.15, -0.1) is 0 Å². The maximum Gasteiger partial charge on any atom is 0.494 e. The van der Waals surface area contributed by atoms with Crippen LogP contribution in [0.15, 0.2) is 11.2 Å². The van der Waals surface area contributed by atoms with Crippen molar-refractivity contribution in [1.82, 2.24) is 0 Å². The highest BCUT2D eigenvalue weighted by molar-refractivity contribution is 6.55. The Labute approximate surface area is 120 Å². The van der Waals surface area contributed by atoms with Gasteiger partial charge in [-0.25, -0.2) is 4.79 Å². The van der Waals surface area contributed by atoms with Crippen molar-refractivity contribution in [3.05, 3.63) is 11.2 Å². The minimum absolute atomic E-state index is 0.0663. The molecule has 20 heavy (non-hydrogen) atoms. The Morgan fingerprint density at radius 3 is 2.35 bits per heavy atom. The van der Waals surface area contributed by atoms with Crippen LogP contribution < -0.4 is 0 Å². The first-order valence-corrected chi connectivity index (χ1v) is 7.10. The van der Waals surface area contributed by atoms with Crippen molar-refractivity contribution >= 4 is 13.1 Å². The van der Waals surface area contributed by atoms with Crippen LogP contribution in [0.1, 0.15) is 48.0 Å². The third-order valence-electron chi connectivity index (χ3n) is 4.12. The average molecular weight is 282 g/mol. The van der Waals surface area contributed by atoms with Gasteiger partial charge in [-0.3, -0.25) is 0 Å². The van der Waals surface area contributed by atoms with E-state index in [9.17, 15) is 4.79 Å². The monoisotopic (exact) mass is 282 g/mol. The molecule has 1 fully saturated rings. The van der Waals surface area contributed by atoms with E-state index >= 15 is 0 Å². The molecule has 2 heterocycles. The van der Waals surface area contributed by atoms with Crippen molar-refractivity contribution < 1.29 is 23.6 Å². The molecule has 0 amide bonds. The summed E-state index contributed by atoms with van der Waals surface area (Å²) in [4.78, 5) is 12.0. The topological polar surface area (TPSA) is 54.0 Å². The van der Waals surface area contributed by atoms with Gasteiger partial charge in [0.1, 0.15) is 0 Å². The molecule has 6 heteroatoms. The molecule has 0 saturated carbocycles. The Hall–Kier alpha value is -1.01. The van der Waals surface area contributed by atoms with Gasteiger partial charge in [0.2, 0.25) is 5.76 Å². The standard InChI is InChI=1S/C14H23BO5/c1-7-17-12(16)11-10(8-9(2)18-11)15-19-13(3,4)14(5,6)20-15/h9H,7-8H2,1-6H3. The van der Waals surface area contributed by atoms with E-state index in [1.54, 1.807) is 6.92 Å². The summed E-state index contributed by atoms with van der Waals surface area (Å²) in [5.41, 5.74) is -0.124. The summed E-state index contributed by atoms with van der Waals surface area (Å²) < 4.78 is 22.6. The Morgan fingerprint density at radius 2 is 1.85 bits per heavy atom. The number of rotatable bonds is 3. The van der Waals surface area contributed by atoms with Gasteiger partial charge in [0.15, 0.2) is 0 Å². The molecule has 0 aromatic heterocycles. The van der Waals surface area contributed by atoms with E-state index in [1.807, 2.05) is 34.6 Å². The fourth-order valence-electron chi connectivity index (χ4n) is 2.29. The zero-order valence-electron chi connectivity index (χ0n) is 13.1. The number of ether oxygens (including phenoxy) is 2. The lowest BCUT2D eigenvalue weighted by molar-refractivity contribution is -0.142. The average Bonchev–Trinajstić information content (AvgIpc) is 2.78. The van der Waals surface area contributed by atoms with Gasteiger partial charge in [-0.05, 0) is 41.5 Å². The highest BCUT2D eigenvalue weighted by Gasteiger charge is 2.54. The summed E-state index contributed by atoms with van der Waals surface area (Å²) in [5.74, 6) is -0.195. The molecule has 0 bridgehead atoms. The highest BCUT2D eigenvalue weighted by Crippen LogP contribution is 2.41. The molecule has 1 saturated heterocycles. The van der Waals surface area contributed by atoms with Gasteiger partial charge in [0.05, 0.1) is 23.9 Å². The molecule has 0 aromatic carbocycles. The summed E-state index contributed by atoms with van der Waals surface area (Å²) in [6, 6.07) is 0. The minimum atomic E-state index is -0.552. The fourth-order valence-corrected chi connectivity index (χ4v) is 2.29. The summed E-state index contributed by atoms with van der Waals surface area (Å²) in [5, 5.41) is 0. The second-order valence-corrected chi connectivity index (χ2v) is 6.30. The van der Waals surface area contributed by atoms with Crippen LogP contribution in [0, 0.1) is 0 Å². The first-order valence-electron chi connectivity index (χ1n) is 7.10. The zero-order chi connectivity index (χ0) is 15.1. The first-order chi connectivity index (χ1) is 9.18. The number of esters is 1. The number of carbonyl (C=O) groups is 1. The zero-order valence-corrected chi connectivity index (χ0v) is 13.1. The van der Waals surface area contributed by atoms with Crippen molar-refractivity contribution in [1.29, 1.82) is 0 Å². The van der Waals surface area contributed by atoms with E-state index in [1.165, 1.54) is 0 Å². The van der Waals surface area contributed by atoms with Gasteiger partial charge >= 0.3 is 13.1 Å². The van der Waals surface area contributed by atoms with Gasteiger partial charge in [0.25, 0.3) is 0 Å². The van der Waals surface area contributed by atoms with Crippen molar-refractivity contribution in [2.75, 3.05) is 6.61 Å². The van der Waals surface area contributed by atoms with Crippen LogP contribution in [0.5, 0.6) is 0 Å². The van der Waals surface area contributed by atoms with Crippen molar-refractivity contribution in [2.24, 2.45) is 0 Å². The first kappa shape index (κ1) is 15.4. The molecular weight excluding hydrogens is 259 g/mol. The predicted octanol–water partition coefficient (Wildman–Crippen LogP) is 2.24. The molecule has 0 aromatic rings. The normalized spacial score (nSPS) is 27.7. The third-order valence-corrected chi connectivity index (χ3v) is 4.12. The molecule has 0 spiro atoms. The van der Waals surface area contributed by atoms with Crippen LogP contribution in [0.4, 0.5) is 0 Å². The number of hydrogen-bond donors (Lipinski definition) is 0. The molecule has 1 atom stereocenters. The molecule has 1 unspecified atom stereocenters. The molecular formula is C14H23BO5. The van der Waals surface area contributed by atoms with Crippen molar-refractivity contribution in [3.63, 3.8) is 0 Å². The van der Waals surface area contributed by atoms with E-state index < -0.39 is 24.3 Å². The number of hydrogen-bond acceptors (Lipinski definition) is 5. The highest BCUT2D eigenvalue weighted by atomic mass is 16.7. The van der Waals surface area contributed by atoms with E-state index in [4.69, 9.17) is 18.8 Å². The molecule has 0 aliphatic carbocycles. The lowest BCUT2D eigenvalue weighted by Crippen LogP contribution is -2.41. The second-order valence-electron chi connectivity index (χ2n) is 6.30. The molecule has 5 nitrogen and oxygen atoms in total. The van der Waals surface area contributed by atoms with E-state index in [2.05, 4.69) is 0 Å². The van der Waals surface area contributed by atoms with Crippen LogP contribution in [-0.2, 0) is 23.6 Å². The van der Waals surface area contributed by atoms with Gasteiger partial charge in [-0.2, -0.15) is 0 Å². The largest absolute Gasteiger partial charge is 0.494 e. The molecule has 2 aliphatic heterocycles. The smallest absolute Gasteiger partial charge is 0.484 e. The van der Waals surface area contributed by atoms with Gasteiger partial charge < -0.3 is 18.8 Å².